The van der Waals surface area contributed by atoms with E-state index in [1.807, 2.05) is 0 Å². The average molecular weight is 269 g/mol. The summed E-state index contributed by atoms with van der Waals surface area (Å²) in [7, 11) is 0. The number of aliphatic hydroxyl groups is 3. The zero-order valence-electron chi connectivity index (χ0n) is 9.71. The number of hydrogen-bond donors (Lipinski definition) is 4. The number of pyridine rings is 1. The van der Waals surface area contributed by atoms with E-state index in [9.17, 15) is 19.4 Å². The van der Waals surface area contributed by atoms with Gasteiger partial charge in [0, 0.05) is 6.07 Å². The van der Waals surface area contributed by atoms with Crippen LogP contribution < -0.4 is 5.56 Å². The molecule has 0 amide bonds. The van der Waals surface area contributed by atoms with Crippen LogP contribution in [0.25, 0.3) is 0 Å². The number of rotatable bonds is 2. The topological polar surface area (TPSA) is 103 Å². The van der Waals surface area contributed by atoms with Crippen LogP contribution in [0.2, 0.25) is 0 Å². The molecule has 1 fully saturated rings. The average Bonchev–Trinajstić information content (AvgIpc) is 2.65. The molecule has 7 heteroatoms. The Bertz CT molecular complexity index is 578. The second-order valence-electron chi connectivity index (χ2n) is 4.17. The van der Waals surface area contributed by atoms with E-state index in [0.717, 1.165) is 0 Å². The summed E-state index contributed by atoms with van der Waals surface area (Å²) < 4.78 is 19.0. The Morgan fingerprint density at radius 3 is 2.68 bits per heavy atom. The van der Waals surface area contributed by atoms with Crippen molar-refractivity contribution in [1.82, 2.24) is 4.98 Å². The molecule has 1 saturated heterocycles. The molecule has 1 aliphatic heterocycles. The molecule has 4 atom stereocenters. The Kier molecular flexibility index (Phi) is 3.68. The molecule has 2 heterocycles. The lowest BCUT2D eigenvalue weighted by Crippen LogP contribution is -2.32. The van der Waals surface area contributed by atoms with Crippen LogP contribution in [0, 0.1) is 18.2 Å². The fourth-order valence-electron chi connectivity index (χ4n) is 2.07. The summed E-state index contributed by atoms with van der Waals surface area (Å²) in [5, 5.41) is 28.4. The molecular formula is C12H12FNO5. The van der Waals surface area contributed by atoms with Gasteiger partial charge in [-0.1, -0.05) is 5.92 Å². The number of hydrogen-bond acceptors (Lipinski definition) is 5. The quantitative estimate of drug-likeness (QED) is 0.497. The first kappa shape index (κ1) is 13.7. The summed E-state index contributed by atoms with van der Waals surface area (Å²) in [6.45, 7) is -0.537. The minimum absolute atomic E-state index is 0.167. The van der Waals surface area contributed by atoms with Gasteiger partial charge in [-0.15, -0.1) is 6.42 Å². The highest BCUT2D eigenvalue weighted by Gasteiger charge is 2.45. The molecular weight excluding hydrogens is 257 g/mol. The molecule has 2 rings (SSSR count). The van der Waals surface area contributed by atoms with E-state index in [1.165, 1.54) is 0 Å². The van der Waals surface area contributed by atoms with Crippen LogP contribution in [-0.2, 0) is 4.74 Å². The highest BCUT2D eigenvalue weighted by Crippen LogP contribution is 2.35. The second-order valence-corrected chi connectivity index (χ2v) is 4.17. The van der Waals surface area contributed by atoms with Crippen molar-refractivity contribution in [1.29, 1.82) is 0 Å². The van der Waals surface area contributed by atoms with Crippen LogP contribution >= 0.6 is 0 Å². The maximum atomic E-state index is 13.8. The predicted octanol–water partition coefficient (Wildman–Crippen LogP) is -1.35. The molecule has 0 aliphatic carbocycles. The van der Waals surface area contributed by atoms with Crippen LogP contribution in [0.4, 0.5) is 4.39 Å². The van der Waals surface area contributed by atoms with Crippen molar-refractivity contribution < 1.29 is 24.4 Å². The maximum Gasteiger partial charge on any atom is 0.251 e. The molecule has 1 aliphatic rings. The minimum Gasteiger partial charge on any atom is -0.394 e. The fourth-order valence-corrected chi connectivity index (χ4v) is 2.07. The van der Waals surface area contributed by atoms with Crippen molar-refractivity contribution in [3.8, 4) is 12.3 Å². The minimum atomic E-state index is -1.45. The van der Waals surface area contributed by atoms with Crippen LogP contribution in [0.15, 0.2) is 10.9 Å². The Hall–Kier alpha value is -1.72. The van der Waals surface area contributed by atoms with Crippen molar-refractivity contribution >= 4 is 0 Å². The number of aromatic amines is 1. The number of terminal acetylenes is 1. The molecule has 0 bridgehead atoms. The van der Waals surface area contributed by atoms with Crippen LogP contribution in [0.1, 0.15) is 17.4 Å². The number of H-pyrrole nitrogens is 1. The molecule has 6 nitrogen and oxygen atoms in total. The summed E-state index contributed by atoms with van der Waals surface area (Å²) in [5.41, 5.74) is -1.11. The number of halogens is 1. The van der Waals surface area contributed by atoms with E-state index in [1.54, 1.807) is 0 Å². The molecule has 102 valence electrons. The van der Waals surface area contributed by atoms with E-state index < -0.39 is 42.4 Å². The Labute approximate surface area is 107 Å². The number of nitrogens with one attached hydrogen (secondary N) is 1. The highest BCUT2D eigenvalue weighted by molar-refractivity contribution is 5.37. The van der Waals surface area contributed by atoms with Gasteiger partial charge in [0.25, 0.3) is 5.56 Å². The standard InChI is InChI=1S/C12H12FNO5/c1-2-6-9(5(13)3-8(16)14-6)12-11(18)10(17)7(4-15)19-12/h1,3,7,10-12,15,17-18H,4H2,(H,14,16)/t7-,10?,11+,12+/m1/s1. The lowest BCUT2D eigenvalue weighted by Gasteiger charge is -2.17. The Morgan fingerprint density at radius 2 is 2.16 bits per heavy atom. The molecule has 0 radical (unpaired) electrons. The van der Waals surface area contributed by atoms with Crippen LogP contribution in [0.3, 0.4) is 0 Å². The Morgan fingerprint density at radius 1 is 1.47 bits per heavy atom. The van der Waals surface area contributed by atoms with Gasteiger partial charge in [0.1, 0.15) is 35.9 Å². The molecule has 1 aromatic heterocycles. The molecule has 1 aromatic rings. The van der Waals surface area contributed by atoms with Crippen molar-refractivity contribution in [3.63, 3.8) is 0 Å². The van der Waals surface area contributed by atoms with Crippen molar-refractivity contribution in [3.05, 3.63) is 33.5 Å². The molecule has 19 heavy (non-hydrogen) atoms. The number of aromatic nitrogens is 1. The third-order valence-corrected chi connectivity index (χ3v) is 3.00. The SMILES string of the molecule is C#Cc1[nH]c(=O)cc(F)c1[C@@H]1O[C@H](CO)C(O)[C@@H]1O. The molecule has 4 N–H and O–H groups in total. The smallest absolute Gasteiger partial charge is 0.251 e. The molecule has 0 aromatic carbocycles. The van der Waals surface area contributed by atoms with Crippen LogP contribution in [-0.4, -0.2) is 45.2 Å². The normalized spacial score (nSPS) is 30.3. The monoisotopic (exact) mass is 269 g/mol. The predicted molar refractivity (Wildman–Crippen MR) is 61.7 cm³/mol. The first-order chi connectivity index (χ1) is 8.99. The van der Waals surface area contributed by atoms with Gasteiger partial charge >= 0.3 is 0 Å². The van der Waals surface area contributed by atoms with Gasteiger partial charge < -0.3 is 25.0 Å². The van der Waals surface area contributed by atoms with E-state index in [4.69, 9.17) is 16.3 Å². The lowest BCUT2D eigenvalue weighted by molar-refractivity contribution is -0.0238. The zero-order valence-corrected chi connectivity index (χ0v) is 9.71. The maximum absolute atomic E-state index is 13.8. The van der Waals surface area contributed by atoms with Gasteiger partial charge in [0.05, 0.1) is 12.2 Å². The van der Waals surface area contributed by atoms with Gasteiger partial charge in [0.15, 0.2) is 0 Å². The second kappa shape index (κ2) is 5.11. The summed E-state index contributed by atoms with van der Waals surface area (Å²) >= 11 is 0. The molecule has 0 saturated carbocycles. The summed E-state index contributed by atoms with van der Waals surface area (Å²) in [6.07, 6.45) is 0.0457. The van der Waals surface area contributed by atoms with E-state index in [2.05, 4.69) is 10.9 Å². The third kappa shape index (κ3) is 2.27. The van der Waals surface area contributed by atoms with Gasteiger partial charge in [-0.25, -0.2) is 4.39 Å². The van der Waals surface area contributed by atoms with Gasteiger partial charge in [0.2, 0.25) is 0 Å². The van der Waals surface area contributed by atoms with E-state index in [-0.39, 0.29) is 11.3 Å². The van der Waals surface area contributed by atoms with Crippen molar-refractivity contribution in [2.75, 3.05) is 6.61 Å². The van der Waals surface area contributed by atoms with Crippen molar-refractivity contribution in [2.45, 2.75) is 24.4 Å². The van der Waals surface area contributed by atoms with Gasteiger partial charge in [-0.3, -0.25) is 4.79 Å². The Balaban J connectivity index is 2.49. The van der Waals surface area contributed by atoms with Crippen molar-refractivity contribution in [2.24, 2.45) is 0 Å². The molecule has 1 unspecified atom stereocenters. The number of ether oxygens (including phenoxy) is 1. The summed E-state index contributed by atoms with van der Waals surface area (Å²) in [5.74, 6) is 1.15. The van der Waals surface area contributed by atoms with E-state index in [0.29, 0.717) is 6.07 Å². The highest BCUT2D eigenvalue weighted by atomic mass is 19.1. The van der Waals surface area contributed by atoms with E-state index >= 15 is 0 Å². The number of aliphatic hydroxyl groups excluding tert-OH is 3. The lowest BCUT2D eigenvalue weighted by atomic mass is 10.00. The van der Waals surface area contributed by atoms with Gasteiger partial charge in [-0.05, 0) is 0 Å². The first-order valence-corrected chi connectivity index (χ1v) is 5.51. The largest absolute Gasteiger partial charge is 0.394 e. The summed E-state index contributed by atoms with van der Waals surface area (Å²) in [6, 6.07) is 0.672. The third-order valence-electron chi connectivity index (χ3n) is 3.00. The van der Waals surface area contributed by atoms with Gasteiger partial charge in [-0.2, -0.15) is 0 Å². The molecule has 0 spiro atoms. The summed E-state index contributed by atoms with van der Waals surface area (Å²) in [4.78, 5) is 13.4. The zero-order chi connectivity index (χ0) is 14.2. The van der Waals surface area contributed by atoms with Crippen LogP contribution in [0.5, 0.6) is 0 Å². The first-order valence-electron chi connectivity index (χ1n) is 5.51. The fraction of sp³-hybridized carbons (Fsp3) is 0.417.